The number of rotatable bonds is 4. The third kappa shape index (κ3) is 3.13. The predicted octanol–water partition coefficient (Wildman–Crippen LogP) is 1.68. The maximum atomic E-state index is 12.3. The van der Waals surface area contributed by atoms with E-state index in [9.17, 15) is 4.79 Å². The number of amides is 1. The summed E-state index contributed by atoms with van der Waals surface area (Å²) < 4.78 is 7.26. The highest BCUT2D eigenvalue weighted by molar-refractivity contribution is 5.79. The minimum atomic E-state index is 0.00650. The molecule has 1 N–H and O–H groups in total. The van der Waals surface area contributed by atoms with Crippen LogP contribution in [-0.2, 0) is 24.2 Å². The van der Waals surface area contributed by atoms with Crippen LogP contribution in [-0.4, -0.2) is 31.9 Å². The Morgan fingerprint density at radius 3 is 2.83 bits per heavy atom. The molecule has 124 valence electrons. The Morgan fingerprint density at radius 1 is 1.39 bits per heavy atom. The first-order chi connectivity index (χ1) is 11.0. The van der Waals surface area contributed by atoms with Crippen molar-refractivity contribution in [2.24, 2.45) is 0 Å². The third-order valence-corrected chi connectivity index (χ3v) is 4.38. The number of carbonyl (C=O) groups excluding carboxylic acids is 1. The SMILES string of the molecule is Cc1noc(C)c1CC(=O)N[C@H]1CCc2nnc(C(C)C)n2C1. The molecule has 3 heterocycles. The van der Waals surface area contributed by atoms with Crippen molar-refractivity contribution in [1.82, 2.24) is 25.2 Å². The zero-order valence-corrected chi connectivity index (χ0v) is 14.1. The number of aromatic nitrogens is 4. The Hall–Kier alpha value is -2.18. The first-order valence-electron chi connectivity index (χ1n) is 8.08. The number of fused-ring (bicyclic) bond motifs is 1. The molecule has 1 aliphatic rings. The molecule has 7 heteroatoms. The Morgan fingerprint density at radius 2 is 2.17 bits per heavy atom. The van der Waals surface area contributed by atoms with E-state index < -0.39 is 0 Å². The molecule has 1 aliphatic heterocycles. The molecule has 7 nitrogen and oxygen atoms in total. The van der Waals surface area contributed by atoms with Crippen molar-refractivity contribution in [3.05, 3.63) is 28.7 Å². The molecule has 2 aromatic rings. The van der Waals surface area contributed by atoms with Crippen molar-refractivity contribution < 1.29 is 9.32 Å². The fourth-order valence-corrected chi connectivity index (χ4v) is 3.09. The minimum absolute atomic E-state index is 0.00650. The molecule has 0 saturated carbocycles. The minimum Gasteiger partial charge on any atom is -0.361 e. The van der Waals surface area contributed by atoms with Gasteiger partial charge in [0.15, 0.2) is 0 Å². The van der Waals surface area contributed by atoms with Crippen LogP contribution >= 0.6 is 0 Å². The maximum absolute atomic E-state index is 12.3. The zero-order chi connectivity index (χ0) is 16.6. The summed E-state index contributed by atoms with van der Waals surface area (Å²) in [5.74, 6) is 3.05. The number of nitrogens with zero attached hydrogens (tertiary/aromatic N) is 4. The highest BCUT2D eigenvalue weighted by atomic mass is 16.5. The lowest BCUT2D eigenvalue weighted by Gasteiger charge is -2.26. The van der Waals surface area contributed by atoms with E-state index in [1.54, 1.807) is 0 Å². The number of aryl methyl sites for hydroxylation is 3. The lowest BCUT2D eigenvalue weighted by Crippen LogP contribution is -2.42. The molecule has 2 aromatic heterocycles. The van der Waals surface area contributed by atoms with Crippen LogP contribution in [0.15, 0.2) is 4.52 Å². The standard InChI is InChI=1S/C16H23N5O2/c1-9(2)16-19-18-14-6-5-12(8-21(14)16)17-15(22)7-13-10(3)20-23-11(13)4/h9,12H,5-8H2,1-4H3,(H,17,22)/t12-/m0/s1. The van der Waals surface area contributed by atoms with E-state index >= 15 is 0 Å². The lowest BCUT2D eigenvalue weighted by molar-refractivity contribution is -0.121. The van der Waals surface area contributed by atoms with E-state index in [0.29, 0.717) is 18.1 Å². The van der Waals surface area contributed by atoms with Gasteiger partial charge >= 0.3 is 0 Å². The summed E-state index contributed by atoms with van der Waals surface area (Å²) in [6.45, 7) is 8.65. The normalized spacial score (nSPS) is 17.3. The van der Waals surface area contributed by atoms with Gasteiger partial charge in [-0.3, -0.25) is 4.79 Å². The Kier molecular flexibility index (Phi) is 4.19. The summed E-state index contributed by atoms with van der Waals surface area (Å²) in [7, 11) is 0. The van der Waals surface area contributed by atoms with Crippen LogP contribution in [0, 0.1) is 13.8 Å². The molecular weight excluding hydrogens is 294 g/mol. The van der Waals surface area contributed by atoms with Gasteiger partial charge in [-0.15, -0.1) is 10.2 Å². The molecule has 0 aliphatic carbocycles. The van der Waals surface area contributed by atoms with E-state index in [1.165, 1.54) is 0 Å². The monoisotopic (exact) mass is 317 g/mol. The van der Waals surface area contributed by atoms with Crippen LogP contribution in [0.1, 0.15) is 54.9 Å². The van der Waals surface area contributed by atoms with Gasteiger partial charge in [-0.25, -0.2) is 0 Å². The molecule has 3 rings (SSSR count). The van der Waals surface area contributed by atoms with Gasteiger partial charge in [0.05, 0.1) is 12.1 Å². The summed E-state index contributed by atoms with van der Waals surface area (Å²) in [6, 6.07) is 0.115. The van der Waals surface area contributed by atoms with E-state index in [2.05, 4.69) is 39.1 Å². The lowest BCUT2D eigenvalue weighted by atomic mass is 10.0. The van der Waals surface area contributed by atoms with Gasteiger partial charge in [0.2, 0.25) is 5.91 Å². The predicted molar refractivity (Wildman–Crippen MR) is 84.0 cm³/mol. The van der Waals surface area contributed by atoms with E-state index in [0.717, 1.165) is 42.3 Å². The molecular formula is C16H23N5O2. The van der Waals surface area contributed by atoms with Gasteiger partial charge in [0.1, 0.15) is 17.4 Å². The van der Waals surface area contributed by atoms with Crippen molar-refractivity contribution in [3.63, 3.8) is 0 Å². The highest BCUT2D eigenvalue weighted by Gasteiger charge is 2.25. The van der Waals surface area contributed by atoms with Gasteiger partial charge in [0.25, 0.3) is 0 Å². The summed E-state index contributed by atoms with van der Waals surface area (Å²) in [4.78, 5) is 12.3. The summed E-state index contributed by atoms with van der Waals surface area (Å²) in [5.41, 5.74) is 1.66. The average Bonchev–Trinajstić information content (AvgIpc) is 3.05. The van der Waals surface area contributed by atoms with Gasteiger partial charge in [-0.05, 0) is 20.3 Å². The fourth-order valence-electron chi connectivity index (χ4n) is 3.09. The molecule has 0 radical (unpaired) electrons. The number of hydrogen-bond acceptors (Lipinski definition) is 5. The van der Waals surface area contributed by atoms with Crippen LogP contribution in [0.25, 0.3) is 0 Å². The first-order valence-corrected chi connectivity index (χ1v) is 8.08. The average molecular weight is 317 g/mol. The molecule has 0 aromatic carbocycles. The van der Waals surface area contributed by atoms with Crippen LogP contribution in [0.5, 0.6) is 0 Å². The smallest absolute Gasteiger partial charge is 0.224 e. The van der Waals surface area contributed by atoms with E-state index in [4.69, 9.17) is 4.52 Å². The van der Waals surface area contributed by atoms with Crippen molar-refractivity contribution in [2.45, 2.75) is 65.5 Å². The quantitative estimate of drug-likeness (QED) is 0.927. The Bertz CT molecular complexity index is 697. The van der Waals surface area contributed by atoms with Crippen LogP contribution < -0.4 is 5.32 Å². The third-order valence-electron chi connectivity index (χ3n) is 4.38. The fraction of sp³-hybridized carbons (Fsp3) is 0.625. The van der Waals surface area contributed by atoms with Crippen molar-refractivity contribution in [3.8, 4) is 0 Å². The zero-order valence-electron chi connectivity index (χ0n) is 14.1. The summed E-state index contributed by atoms with van der Waals surface area (Å²) >= 11 is 0. The van der Waals surface area contributed by atoms with Gasteiger partial charge in [-0.2, -0.15) is 0 Å². The molecule has 0 unspecified atom stereocenters. The van der Waals surface area contributed by atoms with E-state index in [1.807, 2.05) is 13.8 Å². The summed E-state index contributed by atoms with van der Waals surface area (Å²) in [6.07, 6.45) is 2.04. The highest BCUT2D eigenvalue weighted by Crippen LogP contribution is 2.20. The first kappa shape index (κ1) is 15.7. The second-order valence-corrected chi connectivity index (χ2v) is 6.52. The molecule has 0 spiro atoms. The topological polar surface area (TPSA) is 85.8 Å². The van der Waals surface area contributed by atoms with E-state index in [-0.39, 0.29) is 11.9 Å². The summed E-state index contributed by atoms with van der Waals surface area (Å²) in [5, 5.41) is 15.5. The second kappa shape index (κ2) is 6.14. The van der Waals surface area contributed by atoms with Gasteiger partial charge < -0.3 is 14.4 Å². The second-order valence-electron chi connectivity index (χ2n) is 6.52. The molecule has 0 saturated heterocycles. The molecule has 1 amide bonds. The number of carbonyl (C=O) groups is 1. The Balaban J connectivity index is 1.65. The largest absolute Gasteiger partial charge is 0.361 e. The van der Waals surface area contributed by atoms with Crippen molar-refractivity contribution >= 4 is 5.91 Å². The van der Waals surface area contributed by atoms with Crippen molar-refractivity contribution in [1.29, 1.82) is 0 Å². The maximum Gasteiger partial charge on any atom is 0.224 e. The molecule has 0 bridgehead atoms. The van der Waals surface area contributed by atoms with Gasteiger partial charge in [-0.1, -0.05) is 19.0 Å². The van der Waals surface area contributed by atoms with Crippen LogP contribution in [0.2, 0.25) is 0 Å². The number of hydrogen-bond donors (Lipinski definition) is 1. The number of nitrogens with one attached hydrogen (secondary N) is 1. The molecule has 23 heavy (non-hydrogen) atoms. The van der Waals surface area contributed by atoms with Crippen LogP contribution in [0.3, 0.4) is 0 Å². The molecule has 1 atom stereocenters. The van der Waals surface area contributed by atoms with Crippen molar-refractivity contribution in [2.75, 3.05) is 0 Å². The van der Waals surface area contributed by atoms with Gasteiger partial charge in [0, 0.05) is 30.5 Å². The Labute approximate surface area is 135 Å². The van der Waals surface area contributed by atoms with Crippen LogP contribution in [0.4, 0.5) is 0 Å². The molecule has 0 fully saturated rings.